The first-order valence-electron chi connectivity index (χ1n) is 2.54. The molecule has 18 heavy (non-hydrogen) atoms. The first-order valence-corrected chi connectivity index (χ1v) is 2.54. The summed E-state index contributed by atoms with van der Waals surface area (Å²) in [6.45, 7) is -2.00. The second kappa shape index (κ2) is 110. The van der Waals surface area contributed by atoms with Crippen LogP contribution in [0.1, 0.15) is 0 Å². The van der Waals surface area contributed by atoms with Crippen LogP contribution in [-0.4, -0.2) is 41.8 Å². The van der Waals surface area contributed by atoms with Crippen LogP contribution in [0, 0.1) is 0 Å². The van der Waals surface area contributed by atoms with Crippen molar-refractivity contribution in [1.29, 1.82) is 0 Å². The molecule has 96 valence electrons. The zero-order valence-electron chi connectivity index (χ0n) is 8.86. The van der Waals surface area contributed by atoms with Crippen molar-refractivity contribution in [2.24, 2.45) is 0 Å². The first-order chi connectivity index (χ1) is 7.39. The fourth-order valence-corrected chi connectivity index (χ4v) is 0. The summed E-state index contributed by atoms with van der Waals surface area (Å²) in [5.41, 5.74) is 0. The Kier molecular flexibility index (Phi) is 268. The van der Waals surface area contributed by atoms with Gasteiger partial charge in [-0.3, -0.25) is 12.9 Å². The fraction of sp³-hybridized carbons (Fsp3) is 0. The van der Waals surface area contributed by atoms with Crippen LogP contribution in [0.2, 0.25) is 0 Å². The zero-order chi connectivity index (χ0) is 14.4. The van der Waals surface area contributed by atoms with E-state index in [0.29, 0.717) is 0 Å². The van der Waals surface area contributed by atoms with Crippen LogP contribution in [0.3, 0.4) is 0 Å². The van der Waals surface area contributed by atoms with E-state index in [2.05, 4.69) is 0 Å². The average molecular weight is 266 g/mol. The number of carbonyl (C=O) groups is 4. The summed E-state index contributed by atoms with van der Waals surface area (Å²) in [6.07, 6.45) is 0. The minimum absolute atomic E-state index is 0. The fourth-order valence-electron chi connectivity index (χ4n) is 0. The standard InChI is InChI=1S/4CH2O2.BF3.B.Li/c4*2-1-3;2-1(3)4;;/h4*1H,(H,2,3);;;/q;;;;;+3;+1/p-4. The minimum atomic E-state index is -3.67. The SMILES string of the molecule is FB(F)F.O=C[O-].O=C[O-].O=C[O-].O=C[O-].[B+3].[Li+]. The monoisotopic (exact) mass is 266 g/mol. The second-order valence-electron chi connectivity index (χ2n) is 0.632. The summed E-state index contributed by atoms with van der Waals surface area (Å²) in [6, 6.07) is 0. The van der Waals surface area contributed by atoms with E-state index < -0.39 is 33.4 Å². The molecule has 0 N–H and O–H groups in total. The molecule has 0 aliphatic rings. The van der Waals surface area contributed by atoms with Crippen molar-refractivity contribution >= 4 is 41.8 Å². The molecular weight excluding hydrogens is 262 g/mol. The van der Waals surface area contributed by atoms with E-state index in [1.165, 1.54) is 0 Å². The average Bonchev–Trinajstić information content (AvgIpc) is 2.06. The third-order valence-corrected chi connectivity index (χ3v) is 0. The van der Waals surface area contributed by atoms with Crippen molar-refractivity contribution in [3.63, 3.8) is 0 Å². The Balaban J connectivity index is -0.0000000164. The maximum atomic E-state index is 9.67. The molecule has 14 heteroatoms. The predicted molar refractivity (Wildman–Crippen MR) is 39.1 cm³/mol. The first kappa shape index (κ1) is 44.0. The van der Waals surface area contributed by atoms with Crippen LogP contribution in [-0.2, 0) is 19.2 Å². The van der Waals surface area contributed by atoms with Gasteiger partial charge in [-0.15, -0.1) is 0 Å². The van der Waals surface area contributed by atoms with Crippen molar-refractivity contribution < 1.29 is 71.4 Å². The molecule has 0 atom stereocenters. The van der Waals surface area contributed by atoms with E-state index in [0.717, 1.165) is 0 Å². The molecule has 0 aromatic carbocycles. The van der Waals surface area contributed by atoms with Crippen molar-refractivity contribution in [2.45, 2.75) is 0 Å². The van der Waals surface area contributed by atoms with Crippen molar-refractivity contribution in [1.82, 2.24) is 0 Å². The summed E-state index contributed by atoms with van der Waals surface area (Å²) in [7, 11) is -3.67. The molecular formula is C4H4B2F3LiO8. The molecule has 0 radical (unpaired) electrons. The second-order valence-corrected chi connectivity index (χ2v) is 0.632. The molecule has 0 rings (SSSR count). The third kappa shape index (κ3) is 1010. The molecule has 8 nitrogen and oxygen atoms in total. The van der Waals surface area contributed by atoms with E-state index in [1.807, 2.05) is 0 Å². The smallest absolute Gasteiger partial charge is 0.554 e. The number of halogens is 3. The molecule has 0 heterocycles. The predicted octanol–water partition coefficient (Wildman–Crippen LogP) is -9.03. The van der Waals surface area contributed by atoms with Gasteiger partial charge in [0.05, 0.1) is 0 Å². The molecule has 0 fully saturated rings. The van der Waals surface area contributed by atoms with E-state index in [-0.39, 0.29) is 27.3 Å². The van der Waals surface area contributed by atoms with Gasteiger partial charge in [0.15, 0.2) is 0 Å². The minimum Gasteiger partial charge on any atom is -0.554 e. The molecule has 0 aromatic rings. The van der Waals surface area contributed by atoms with Crippen molar-refractivity contribution in [2.75, 3.05) is 0 Å². The Hall–Kier alpha value is -1.60. The van der Waals surface area contributed by atoms with Gasteiger partial charge >= 0.3 is 34.8 Å². The molecule has 0 unspecified atom stereocenters. The van der Waals surface area contributed by atoms with Gasteiger partial charge in [-0.1, -0.05) is 0 Å². The molecule has 0 aliphatic heterocycles. The normalized spacial score (nSPS) is 4.17. The number of carboxylic acid groups (broad SMARTS) is 4. The Morgan fingerprint density at radius 2 is 0.667 bits per heavy atom. The van der Waals surface area contributed by atoms with Gasteiger partial charge in [0.25, 0.3) is 0 Å². The van der Waals surface area contributed by atoms with E-state index in [9.17, 15) is 12.9 Å². The Labute approximate surface area is 114 Å². The van der Waals surface area contributed by atoms with E-state index in [4.69, 9.17) is 39.6 Å². The number of carbonyl (C=O) groups excluding carboxylic acids is 4. The Morgan fingerprint density at radius 1 is 0.667 bits per heavy atom. The van der Waals surface area contributed by atoms with Crippen molar-refractivity contribution in [3.05, 3.63) is 0 Å². The quantitative estimate of drug-likeness (QED) is 0.308. The van der Waals surface area contributed by atoms with Crippen LogP contribution in [0.5, 0.6) is 0 Å². The van der Waals surface area contributed by atoms with E-state index in [1.54, 1.807) is 0 Å². The summed E-state index contributed by atoms with van der Waals surface area (Å²) >= 11 is 0. The van der Waals surface area contributed by atoms with Crippen LogP contribution in [0.25, 0.3) is 0 Å². The summed E-state index contributed by atoms with van der Waals surface area (Å²) in [5, 5.41) is 33.0. The number of hydrogen-bond acceptors (Lipinski definition) is 8. The topological polar surface area (TPSA) is 161 Å². The summed E-state index contributed by atoms with van der Waals surface area (Å²) in [4.78, 5) is 33.0. The molecule has 0 bridgehead atoms. The largest absolute Gasteiger partial charge is 3.00 e. The number of rotatable bonds is 0. The maximum absolute atomic E-state index is 9.67. The summed E-state index contributed by atoms with van der Waals surface area (Å²) < 4.78 is 29.0. The Morgan fingerprint density at radius 3 is 0.667 bits per heavy atom. The van der Waals surface area contributed by atoms with Gasteiger partial charge in [-0.2, -0.15) is 0 Å². The zero-order valence-corrected chi connectivity index (χ0v) is 8.86. The Bertz CT molecular complexity index is 117. The third-order valence-electron chi connectivity index (χ3n) is 0. The van der Waals surface area contributed by atoms with Gasteiger partial charge in [-0.05, 0) is 0 Å². The van der Waals surface area contributed by atoms with Gasteiger partial charge in [-0.25, -0.2) is 0 Å². The molecule has 0 amide bonds. The molecule has 0 saturated carbocycles. The van der Waals surface area contributed by atoms with Crippen LogP contribution in [0.4, 0.5) is 12.9 Å². The number of hydrogen-bond donors (Lipinski definition) is 0. The summed E-state index contributed by atoms with van der Waals surface area (Å²) in [5.74, 6) is 0. The molecule has 0 spiro atoms. The van der Waals surface area contributed by atoms with Gasteiger partial charge in [0.1, 0.15) is 0 Å². The van der Waals surface area contributed by atoms with Crippen LogP contribution >= 0.6 is 0 Å². The maximum Gasteiger partial charge on any atom is 3.00 e. The van der Waals surface area contributed by atoms with Crippen LogP contribution in [0.15, 0.2) is 0 Å². The van der Waals surface area contributed by atoms with Gasteiger partial charge in [0, 0.05) is 25.9 Å². The van der Waals surface area contributed by atoms with Gasteiger partial charge in [0.2, 0.25) is 0 Å². The van der Waals surface area contributed by atoms with Crippen molar-refractivity contribution in [3.8, 4) is 0 Å². The van der Waals surface area contributed by atoms with E-state index >= 15 is 0 Å². The molecule has 0 aliphatic carbocycles. The van der Waals surface area contributed by atoms with Crippen LogP contribution < -0.4 is 39.3 Å². The van der Waals surface area contributed by atoms with Gasteiger partial charge < -0.3 is 39.6 Å². The molecule has 0 aromatic heterocycles. The molecule has 0 saturated heterocycles.